The number of methoxy groups -OCH3 is 1. The van der Waals surface area contributed by atoms with Crippen molar-refractivity contribution in [2.24, 2.45) is 0 Å². The Kier molecular flexibility index (Phi) is 6.09. The van der Waals surface area contributed by atoms with Crippen LogP contribution in [0.2, 0.25) is 0 Å². The lowest BCUT2D eigenvalue weighted by Gasteiger charge is -2.26. The van der Waals surface area contributed by atoms with Crippen molar-refractivity contribution in [1.82, 2.24) is 9.55 Å². The maximum absolute atomic E-state index is 13.6. The van der Waals surface area contributed by atoms with Crippen molar-refractivity contribution >= 4 is 17.4 Å². The largest absolute Gasteiger partial charge is 0.480 e. The van der Waals surface area contributed by atoms with E-state index in [0.29, 0.717) is 12.2 Å². The van der Waals surface area contributed by atoms with Gasteiger partial charge < -0.3 is 15.2 Å². The summed E-state index contributed by atoms with van der Waals surface area (Å²) < 4.78 is 12.1. The third kappa shape index (κ3) is 4.15. The van der Waals surface area contributed by atoms with Gasteiger partial charge in [0, 0.05) is 13.5 Å². The number of rotatable bonds is 7. The van der Waals surface area contributed by atoms with Crippen molar-refractivity contribution in [2.75, 3.05) is 24.4 Å². The summed E-state index contributed by atoms with van der Waals surface area (Å²) in [5.74, 6) is 0.118. The fourth-order valence-corrected chi connectivity index (χ4v) is 3.77. The molecule has 1 unspecified atom stereocenters. The summed E-state index contributed by atoms with van der Waals surface area (Å²) >= 11 is 0. The van der Waals surface area contributed by atoms with E-state index in [-0.39, 0.29) is 31.2 Å². The first-order chi connectivity index (χ1) is 15.5. The number of aromatic amines is 1. The number of nitrogens with one attached hydrogen (secondary N) is 1. The number of hydrogen-bond donors (Lipinski definition) is 2. The van der Waals surface area contributed by atoms with Crippen molar-refractivity contribution in [3.05, 3.63) is 86.6 Å². The quantitative estimate of drug-likeness (QED) is 0.576. The molecule has 2 heterocycles. The fraction of sp³-hybridized carbons (Fsp3) is 0.261. The minimum absolute atomic E-state index is 0.0888. The van der Waals surface area contributed by atoms with Crippen LogP contribution in [0, 0.1) is 0 Å². The zero-order chi connectivity index (χ0) is 22.7. The molecule has 0 spiro atoms. The highest BCUT2D eigenvalue weighted by Gasteiger charge is 2.35. The molecule has 9 heteroatoms. The molecule has 3 N–H and O–H groups in total. The number of hydrogen-bond acceptors (Lipinski definition) is 6. The van der Waals surface area contributed by atoms with Gasteiger partial charge in [0.05, 0.1) is 19.7 Å². The SMILES string of the molecule is COCCn1c(N)c(N(Cc2ccccc2)C(=O)C2Cc3ccccc3O2)c(=O)[nH]c1=O. The Hall–Kier alpha value is -3.85. The second-order valence-electron chi connectivity index (χ2n) is 7.47. The highest BCUT2D eigenvalue weighted by molar-refractivity contribution is 5.99. The average molecular weight is 436 g/mol. The minimum atomic E-state index is -0.811. The standard InChI is InChI=1S/C23H24N4O5/c1-31-12-11-26-20(24)19(21(28)25-23(26)30)27(14-15-7-3-2-4-8-15)22(29)18-13-16-9-5-6-10-17(16)32-18/h2-10,18H,11-14,24H2,1H3,(H,25,28,30). The molecule has 0 saturated heterocycles. The third-order valence-corrected chi connectivity index (χ3v) is 5.38. The molecule has 1 aliphatic rings. The normalized spacial score (nSPS) is 14.6. The van der Waals surface area contributed by atoms with Crippen LogP contribution in [0.1, 0.15) is 11.1 Å². The molecule has 0 fully saturated rings. The predicted octanol–water partition coefficient (Wildman–Crippen LogP) is 1.30. The summed E-state index contributed by atoms with van der Waals surface area (Å²) in [6.45, 7) is 0.429. The summed E-state index contributed by atoms with van der Waals surface area (Å²) in [4.78, 5) is 42.3. The lowest BCUT2D eigenvalue weighted by atomic mass is 10.1. The van der Waals surface area contributed by atoms with Crippen LogP contribution in [-0.4, -0.2) is 35.3 Å². The number of H-pyrrole nitrogens is 1. The number of nitrogens with two attached hydrogens (primary N) is 1. The zero-order valence-corrected chi connectivity index (χ0v) is 17.6. The fourth-order valence-electron chi connectivity index (χ4n) is 3.77. The smallest absolute Gasteiger partial charge is 0.330 e. The molecule has 0 bridgehead atoms. The van der Waals surface area contributed by atoms with Crippen molar-refractivity contribution in [2.45, 2.75) is 25.6 Å². The molecule has 1 amide bonds. The minimum Gasteiger partial charge on any atom is -0.480 e. The van der Waals surface area contributed by atoms with Gasteiger partial charge in [-0.25, -0.2) is 4.79 Å². The number of carbonyl (C=O) groups is 1. The summed E-state index contributed by atoms with van der Waals surface area (Å²) in [6, 6.07) is 16.6. The first kappa shape index (κ1) is 21.4. The number of aromatic nitrogens is 2. The number of para-hydroxylation sites is 1. The molecule has 3 aromatic rings. The molecule has 0 aliphatic carbocycles. The van der Waals surface area contributed by atoms with E-state index in [0.717, 1.165) is 11.1 Å². The van der Waals surface area contributed by atoms with Gasteiger partial charge in [-0.1, -0.05) is 48.5 Å². The number of fused-ring (bicyclic) bond motifs is 1. The van der Waals surface area contributed by atoms with E-state index in [1.807, 2.05) is 48.5 Å². The maximum atomic E-state index is 13.6. The lowest BCUT2D eigenvalue weighted by Crippen LogP contribution is -2.46. The number of ether oxygens (including phenoxy) is 2. The highest BCUT2D eigenvalue weighted by Crippen LogP contribution is 2.30. The number of benzene rings is 2. The molecular formula is C23H24N4O5. The number of amides is 1. The van der Waals surface area contributed by atoms with Gasteiger partial charge in [0.1, 0.15) is 11.6 Å². The van der Waals surface area contributed by atoms with Gasteiger partial charge in [-0.15, -0.1) is 0 Å². The number of anilines is 2. The van der Waals surface area contributed by atoms with Crippen molar-refractivity contribution in [3.8, 4) is 5.75 Å². The van der Waals surface area contributed by atoms with Gasteiger partial charge in [0.2, 0.25) is 0 Å². The Morgan fingerprint density at radius 2 is 1.91 bits per heavy atom. The molecule has 9 nitrogen and oxygen atoms in total. The summed E-state index contributed by atoms with van der Waals surface area (Å²) in [5.41, 5.74) is 6.48. The Morgan fingerprint density at radius 3 is 2.62 bits per heavy atom. The second kappa shape index (κ2) is 9.11. The van der Waals surface area contributed by atoms with Crippen LogP contribution in [0.25, 0.3) is 0 Å². The lowest BCUT2D eigenvalue weighted by molar-refractivity contribution is -0.124. The average Bonchev–Trinajstić information content (AvgIpc) is 3.23. The van der Waals surface area contributed by atoms with E-state index in [4.69, 9.17) is 15.2 Å². The molecule has 32 heavy (non-hydrogen) atoms. The van der Waals surface area contributed by atoms with Crippen LogP contribution in [-0.2, 0) is 29.0 Å². The number of nitrogen functional groups attached to an aromatic ring is 1. The highest BCUT2D eigenvalue weighted by atomic mass is 16.5. The maximum Gasteiger partial charge on any atom is 0.330 e. The third-order valence-electron chi connectivity index (χ3n) is 5.38. The van der Waals surface area contributed by atoms with Gasteiger partial charge in [-0.05, 0) is 17.2 Å². The monoisotopic (exact) mass is 436 g/mol. The van der Waals surface area contributed by atoms with Crippen LogP contribution in [0.5, 0.6) is 5.75 Å². The van der Waals surface area contributed by atoms with Crippen LogP contribution in [0.4, 0.5) is 11.5 Å². The van der Waals surface area contributed by atoms with Gasteiger partial charge in [0.25, 0.3) is 11.5 Å². The van der Waals surface area contributed by atoms with Crippen LogP contribution >= 0.6 is 0 Å². The molecule has 1 aliphatic heterocycles. The van der Waals surface area contributed by atoms with E-state index >= 15 is 0 Å². The summed E-state index contributed by atoms with van der Waals surface area (Å²) in [6.07, 6.45) is -0.434. The molecule has 1 aromatic heterocycles. The Bertz CT molecular complexity index is 1210. The Balaban J connectivity index is 1.76. The zero-order valence-electron chi connectivity index (χ0n) is 17.6. The summed E-state index contributed by atoms with van der Waals surface area (Å²) in [7, 11) is 1.49. The topological polar surface area (TPSA) is 120 Å². The predicted molar refractivity (Wildman–Crippen MR) is 120 cm³/mol. The van der Waals surface area contributed by atoms with Crippen LogP contribution < -0.4 is 26.6 Å². The van der Waals surface area contributed by atoms with Crippen LogP contribution in [0.3, 0.4) is 0 Å². The van der Waals surface area contributed by atoms with Gasteiger partial charge in [0.15, 0.2) is 11.8 Å². The molecule has 166 valence electrons. The first-order valence-electron chi connectivity index (χ1n) is 10.2. The van der Waals surface area contributed by atoms with E-state index in [1.165, 1.54) is 16.6 Å². The summed E-state index contributed by atoms with van der Waals surface area (Å²) in [5, 5.41) is 0. The molecule has 1 atom stereocenters. The van der Waals surface area contributed by atoms with Gasteiger partial charge in [-0.2, -0.15) is 0 Å². The molecule has 2 aromatic carbocycles. The van der Waals surface area contributed by atoms with Crippen molar-refractivity contribution in [3.63, 3.8) is 0 Å². The van der Waals surface area contributed by atoms with Gasteiger partial charge in [-0.3, -0.25) is 24.0 Å². The second-order valence-corrected chi connectivity index (χ2v) is 7.47. The number of nitrogens with zero attached hydrogens (tertiary/aromatic N) is 2. The molecule has 0 saturated carbocycles. The van der Waals surface area contributed by atoms with Crippen LogP contribution in [0.15, 0.2) is 64.2 Å². The van der Waals surface area contributed by atoms with E-state index in [9.17, 15) is 14.4 Å². The molecular weight excluding hydrogens is 412 g/mol. The Labute approximate surface area is 184 Å². The van der Waals surface area contributed by atoms with Crippen molar-refractivity contribution < 1.29 is 14.3 Å². The number of carbonyl (C=O) groups excluding carboxylic acids is 1. The van der Waals surface area contributed by atoms with Gasteiger partial charge >= 0.3 is 5.69 Å². The van der Waals surface area contributed by atoms with E-state index in [2.05, 4.69) is 4.98 Å². The Morgan fingerprint density at radius 1 is 1.19 bits per heavy atom. The molecule has 4 rings (SSSR count). The van der Waals surface area contributed by atoms with Crippen molar-refractivity contribution in [1.29, 1.82) is 0 Å². The van der Waals surface area contributed by atoms with E-state index < -0.39 is 23.3 Å². The molecule has 0 radical (unpaired) electrons. The first-order valence-corrected chi connectivity index (χ1v) is 10.2. The van der Waals surface area contributed by atoms with E-state index in [1.54, 1.807) is 6.07 Å².